The number of fused-ring (bicyclic) bond motifs is 1. The molecule has 0 amide bonds. The Hall–Kier alpha value is -1.93. The predicted molar refractivity (Wildman–Crippen MR) is 69.1 cm³/mol. The fourth-order valence-corrected chi connectivity index (χ4v) is 2.28. The second-order valence-corrected chi connectivity index (χ2v) is 4.74. The van der Waals surface area contributed by atoms with Gasteiger partial charge in [-0.15, -0.1) is 5.10 Å². The normalized spacial score (nSPS) is 18.6. The van der Waals surface area contributed by atoms with Crippen molar-refractivity contribution in [1.82, 2.24) is 19.8 Å². The Morgan fingerprint density at radius 1 is 1.47 bits per heavy atom. The van der Waals surface area contributed by atoms with Gasteiger partial charge >= 0.3 is 5.69 Å². The molecule has 0 saturated carbocycles. The molecule has 102 valence electrons. The highest BCUT2D eigenvalue weighted by Gasteiger charge is 2.31. The number of hydrogen-bond donors (Lipinski definition) is 3. The van der Waals surface area contributed by atoms with Crippen LogP contribution in [0.2, 0.25) is 0 Å². The lowest BCUT2D eigenvalue weighted by Crippen LogP contribution is -2.49. The van der Waals surface area contributed by atoms with Crippen LogP contribution in [0.15, 0.2) is 16.9 Å². The summed E-state index contributed by atoms with van der Waals surface area (Å²) in [7, 11) is 0. The van der Waals surface area contributed by atoms with Gasteiger partial charge in [0.05, 0.1) is 5.54 Å². The van der Waals surface area contributed by atoms with Crippen LogP contribution in [-0.4, -0.2) is 45.1 Å². The molecule has 0 bridgehead atoms. The molecule has 1 fully saturated rings. The molecule has 1 aliphatic heterocycles. The fourth-order valence-electron chi connectivity index (χ4n) is 2.28. The lowest BCUT2D eigenvalue weighted by molar-refractivity contribution is 0.0626. The highest BCUT2D eigenvalue weighted by atomic mass is 16.5. The van der Waals surface area contributed by atoms with E-state index in [0.29, 0.717) is 31.2 Å². The maximum absolute atomic E-state index is 11.5. The molecule has 1 aliphatic rings. The van der Waals surface area contributed by atoms with Crippen LogP contribution in [0.4, 0.5) is 5.82 Å². The van der Waals surface area contributed by atoms with Crippen LogP contribution in [0.3, 0.4) is 0 Å². The van der Waals surface area contributed by atoms with E-state index in [9.17, 15) is 4.79 Å². The molecule has 0 spiro atoms. The van der Waals surface area contributed by atoms with Gasteiger partial charge < -0.3 is 15.8 Å². The summed E-state index contributed by atoms with van der Waals surface area (Å²) in [6.45, 7) is 1.85. The van der Waals surface area contributed by atoms with Crippen molar-refractivity contribution in [2.24, 2.45) is 5.73 Å². The van der Waals surface area contributed by atoms with Crippen LogP contribution < -0.4 is 16.7 Å². The third-order valence-electron chi connectivity index (χ3n) is 3.51. The number of aromatic amines is 1. The number of nitrogens with one attached hydrogen (secondary N) is 2. The van der Waals surface area contributed by atoms with E-state index in [-0.39, 0.29) is 11.2 Å². The van der Waals surface area contributed by atoms with Crippen LogP contribution in [0.1, 0.15) is 12.8 Å². The molecule has 0 aromatic carbocycles. The molecule has 1 saturated heterocycles. The van der Waals surface area contributed by atoms with E-state index >= 15 is 0 Å². The number of hydrogen-bond acceptors (Lipinski definition) is 6. The van der Waals surface area contributed by atoms with Crippen LogP contribution in [-0.2, 0) is 4.74 Å². The fraction of sp³-hybridized carbons (Fsp3) is 0.545. The summed E-state index contributed by atoms with van der Waals surface area (Å²) in [5.74, 6) is 0.614. The molecule has 0 radical (unpaired) electrons. The molecular formula is C11H16N6O2. The van der Waals surface area contributed by atoms with E-state index in [0.717, 1.165) is 12.8 Å². The standard InChI is InChI=1S/C11H16N6O2/c12-7-11(3-5-19-6-4-11)13-8-1-2-9-14-15-10(18)17(9)16-8/h1-2H,3-7,12H2,(H,13,16)(H,15,18). The van der Waals surface area contributed by atoms with Gasteiger partial charge in [-0.2, -0.15) is 9.61 Å². The van der Waals surface area contributed by atoms with Gasteiger partial charge in [-0.25, -0.2) is 9.89 Å². The molecule has 2 aromatic rings. The van der Waals surface area contributed by atoms with E-state index in [1.807, 2.05) is 0 Å². The maximum Gasteiger partial charge on any atom is 0.364 e. The summed E-state index contributed by atoms with van der Waals surface area (Å²) in [5.41, 5.74) is 5.80. The first kappa shape index (κ1) is 12.1. The first-order chi connectivity index (χ1) is 9.22. The quantitative estimate of drug-likeness (QED) is 0.678. The number of anilines is 1. The summed E-state index contributed by atoms with van der Waals surface area (Å²) in [6, 6.07) is 3.53. The summed E-state index contributed by atoms with van der Waals surface area (Å²) in [4.78, 5) is 11.5. The van der Waals surface area contributed by atoms with Crippen molar-refractivity contribution in [2.45, 2.75) is 18.4 Å². The Morgan fingerprint density at radius 3 is 3.00 bits per heavy atom. The summed E-state index contributed by atoms with van der Waals surface area (Å²) >= 11 is 0. The average Bonchev–Trinajstić information content (AvgIpc) is 2.81. The molecule has 3 heterocycles. The Balaban J connectivity index is 1.91. The van der Waals surface area contributed by atoms with Crippen LogP contribution in [0.5, 0.6) is 0 Å². The van der Waals surface area contributed by atoms with E-state index in [1.165, 1.54) is 4.52 Å². The zero-order valence-corrected chi connectivity index (χ0v) is 10.4. The minimum Gasteiger partial charge on any atom is -0.381 e. The van der Waals surface area contributed by atoms with E-state index in [2.05, 4.69) is 20.6 Å². The van der Waals surface area contributed by atoms with Gasteiger partial charge in [-0.3, -0.25) is 0 Å². The number of H-pyrrole nitrogens is 1. The summed E-state index contributed by atoms with van der Waals surface area (Å²) in [6.07, 6.45) is 1.65. The lowest BCUT2D eigenvalue weighted by Gasteiger charge is -2.37. The predicted octanol–water partition coefficient (Wildman–Crippen LogP) is -0.663. The van der Waals surface area contributed by atoms with Crippen LogP contribution in [0.25, 0.3) is 5.65 Å². The highest BCUT2D eigenvalue weighted by molar-refractivity contribution is 5.44. The number of rotatable bonds is 3. The molecule has 8 heteroatoms. The van der Waals surface area contributed by atoms with Gasteiger partial charge in [0, 0.05) is 19.8 Å². The molecule has 8 nitrogen and oxygen atoms in total. The third-order valence-corrected chi connectivity index (χ3v) is 3.51. The van der Waals surface area contributed by atoms with Gasteiger partial charge in [0.1, 0.15) is 5.82 Å². The van der Waals surface area contributed by atoms with Gasteiger partial charge in [0.2, 0.25) is 0 Å². The van der Waals surface area contributed by atoms with Crippen LogP contribution in [0, 0.1) is 0 Å². The SMILES string of the molecule is NCC1(Nc2ccc3n[nH]c(=O)n3n2)CCOCC1. The molecule has 3 rings (SSSR count). The minimum atomic E-state index is -0.354. The Bertz CT molecular complexity index is 627. The maximum atomic E-state index is 11.5. The second kappa shape index (κ2) is 4.63. The zero-order chi connectivity index (χ0) is 13.3. The number of nitrogens with two attached hydrogens (primary N) is 1. The van der Waals surface area contributed by atoms with Crippen molar-refractivity contribution in [3.05, 3.63) is 22.6 Å². The summed E-state index contributed by atoms with van der Waals surface area (Å²) in [5, 5.41) is 13.7. The molecular weight excluding hydrogens is 248 g/mol. The van der Waals surface area contributed by atoms with E-state index in [4.69, 9.17) is 10.5 Å². The molecule has 2 aromatic heterocycles. The van der Waals surface area contributed by atoms with E-state index in [1.54, 1.807) is 12.1 Å². The van der Waals surface area contributed by atoms with Crippen molar-refractivity contribution >= 4 is 11.5 Å². The van der Waals surface area contributed by atoms with Crippen molar-refractivity contribution in [1.29, 1.82) is 0 Å². The molecule has 4 N–H and O–H groups in total. The topological polar surface area (TPSA) is 110 Å². The first-order valence-corrected chi connectivity index (χ1v) is 6.23. The minimum absolute atomic E-state index is 0.216. The highest BCUT2D eigenvalue weighted by Crippen LogP contribution is 2.23. The zero-order valence-electron chi connectivity index (χ0n) is 10.4. The van der Waals surface area contributed by atoms with Crippen molar-refractivity contribution in [3.63, 3.8) is 0 Å². The van der Waals surface area contributed by atoms with Crippen molar-refractivity contribution in [3.8, 4) is 0 Å². The van der Waals surface area contributed by atoms with Gasteiger partial charge in [0.25, 0.3) is 0 Å². The number of aromatic nitrogens is 4. The largest absolute Gasteiger partial charge is 0.381 e. The number of ether oxygens (including phenoxy) is 1. The van der Waals surface area contributed by atoms with E-state index < -0.39 is 0 Å². The summed E-state index contributed by atoms with van der Waals surface area (Å²) < 4.78 is 6.58. The average molecular weight is 264 g/mol. The third kappa shape index (κ3) is 2.20. The Labute approximate surface area is 108 Å². The molecule has 0 atom stereocenters. The van der Waals surface area contributed by atoms with Crippen molar-refractivity contribution in [2.75, 3.05) is 25.1 Å². The molecule has 0 unspecified atom stereocenters. The Morgan fingerprint density at radius 2 is 2.26 bits per heavy atom. The second-order valence-electron chi connectivity index (χ2n) is 4.74. The smallest absolute Gasteiger partial charge is 0.364 e. The molecule has 19 heavy (non-hydrogen) atoms. The van der Waals surface area contributed by atoms with Crippen molar-refractivity contribution < 1.29 is 4.74 Å². The van der Waals surface area contributed by atoms with Gasteiger partial charge in [-0.05, 0) is 25.0 Å². The van der Waals surface area contributed by atoms with Gasteiger partial charge in [-0.1, -0.05) is 0 Å². The lowest BCUT2D eigenvalue weighted by atomic mass is 9.90. The molecule has 0 aliphatic carbocycles. The monoisotopic (exact) mass is 264 g/mol. The first-order valence-electron chi connectivity index (χ1n) is 6.23. The van der Waals surface area contributed by atoms with Gasteiger partial charge in [0.15, 0.2) is 5.65 Å². The van der Waals surface area contributed by atoms with Crippen LogP contribution >= 0.6 is 0 Å². The Kier molecular flexibility index (Phi) is 2.96. The number of nitrogens with zero attached hydrogens (tertiary/aromatic N) is 3.